The van der Waals surface area contributed by atoms with Crippen molar-refractivity contribution < 1.29 is 19.4 Å². The number of ether oxygens (including phenoxy) is 2. The number of morpholine rings is 1. The van der Waals surface area contributed by atoms with Crippen molar-refractivity contribution in [2.45, 2.75) is 13.8 Å². The van der Waals surface area contributed by atoms with Crippen LogP contribution in [0.5, 0.6) is 5.75 Å². The second-order valence-electron chi connectivity index (χ2n) is 5.08. The van der Waals surface area contributed by atoms with E-state index < -0.39 is 5.97 Å². The van der Waals surface area contributed by atoms with Crippen molar-refractivity contribution >= 4 is 29.2 Å². The van der Waals surface area contributed by atoms with E-state index in [2.05, 4.69) is 0 Å². The molecule has 0 spiro atoms. The zero-order valence-corrected chi connectivity index (χ0v) is 14.4. The molecule has 2 heterocycles. The fourth-order valence-corrected chi connectivity index (χ4v) is 3.33. The predicted octanol–water partition coefficient (Wildman–Crippen LogP) is 2.16. The number of aryl methyl sites for hydroxylation is 1. The maximum absolute atomic E-state index is 11.9. The van der Waals surface area contributed by atoms with Gasteiger partial charge < -0.3 is 19.5 Å². The first-order valence-corrected chi connectivity index (χ1v) is 8.34. The minimum Gasteiger partial charge on any atom is -0.506 e. The molecule has 1 saturated heterocycles. The summed E-state index contributed by atoms with van der Waals surface area (Å²) < 4.78 is 10.2. The summed E-state index contributed by atoms with van der Waals surface area (Å²) in [7, 11) is 0. The number of nitrogens with zero attached hydrogens (tertiary/aromatic N) is 2. The standard InChI is InChI=1S/C16H19N3O4S/c1-3-23-16(21)13-10(2)24-12(14(13)20)8-11(9-17)15(18)19-4-6-22-7-5-19/h8,18,20H,3-7H2,1-2H3/b11-8+,18-15?. The lowest BCUT2D eigenvalue weighted by atomic mass is 10.1. The normalized spacial score (nSPS) is 15.0. The molecule has 2 N–H and O–H groups in total. The minimum atomic E-state index is -0.592. The van der Waals surface area contributed by atoms with Crippen molar-refractivity contribution in [3.8, 4) is 11.8 Å². The van der Waals surface area contributed by atoms with E-state index in [0.29, 0.717) is 36.1 Å². The predicted molar refractivity (Wildman–Crippen MR) is 90.4 cm³/mol. The van der Waals surface area contributed by atoms with E-state index in [1.807, 2.05) is 6.07 Å². The third-order valence-electron chi connectivity index (χ3n) is 3.54. The maximum atomic E-state index is 11.9. The zero-order valence-electron chi connectivity index (χ0n) is 13.6. The molecule has 0 bridgehead atoms. The second-order valence-corrected chi connectivity index (χ2v) is 6.34. The smallest absolute Gasteiger partial charge is 0.343 e. The Bertz CT molecular complexity index is 712. The number of amidine groups is 1. The lowest BCUT2D eigenvalue weighted by Gasteiger charge is -2.28. The monoisotopic (exact) mass is 349 g/mol. The van der Waals surface area contributed by atoms with Crippen molar-refractivity contribution in [3.05, 3.63) is 20.9 Å². The van der Waals surface area contributed by atoms with Crippen LogP contribution >= 0.6 is 11.3 Å². The molecule has 0 atom stereocenters. The highest BCUT2D eigenvalue weighted by atomic mass is 32.1. The Kier molecular flexibility index (Phi) is 5.95. The third-order valence-corrected chi connectivity index (χ3v) is 4.58. The van der Waals surface area contributed by atoms with Crippen LogP contribution in [0.25, 0.3) is 6.08 Å². The van der Waals surface area contributed by atoms with Gasteiger partial charge in [0, 0.05) is 18.0 Å². The van der Waals surface area contributed by atoms with E-state index >= 15 is 0 Å². The highest BCUT2D eigenvalue weighted by Crippen LogP contribution is 2.36. The Hall–Kier alpha value is -2.37. The van der Waals surface area contributed by atoms with Crippen molar-refractivity contribution in [2.24, 2.45) is 0 Å². The van der Waals surface area contributed by atoms with Gasteiger partial charge in [-0.2, -0.15) is 5.26 Å². The molecule has 128 valence electrons. The molecule has 1 aliphatic heterocycles. The number of hydrogen-bond donors (Lipinski definition) is 2. The fourth-order valence-electron chi connectivity index (χ4n) is 2.34. The van der Waals surface area contributed by atoms with E-state index in [-0.39, 0.29) is 29.3 Å². The molecule has 0 unspecified atom stereocenters. The Morgan fingerprint density at radius 1 is 1.54 bits per heavy atom. The van der Waals surface area contributed by atoms with Crippen molar-refractivity contribution in [1.29, 1.82) is 10.7 Å². The first-order valence-electron chi connectivity index (χ1n) is 7.52. The molecule has 0 radical (unpaired) electrons. The Morgan fingerprint density at radius 3 is 2.79 bits per heavy atom. The van der Waals surface area contributed by atoms with Crippen LogP contribution in [0.1, 0.15) is 27.0 Å². The molecule has 0 saturated carbocycles. The van der Waals surface area contributed by atoms with Crippen molar-refractivity contribution in [3.63, 3.8) is 0 Å². The molecule has 1 aliphatic rings. The summed E-state index contributed by atoms with van der Waals surface area (Å²) in [5.41, 5.74) is 0.243. The number of carbonyl (C=O) groups excluding carboxylic acids is 1. The van der Waals surface area contributed by atoms with Crippen LogP contribution in [0.4, 0.5) is 0 Å². The number of nitriles is 1. The van der Waals surface area contributed by atoms with Crippen LogP contribution in [0.15, 0.2) is 5.57 Å². The number of rotatable bonds is 4. The molecular weight excluding hydrogens is 330 g/mol. The van der Waals surface area contributed by atoms with E-state index in [4.69, 9.17) is 14.9 Å². The van der Waals surface area contributed by atoms with Gasteiger partial charge in [0.1, 0.15) is 23.2 Å². The summed E-state index contributed by atoms with van der Waals surface area (Å²) in [6, 6.07) is 1.99. The Balaban J connectivity index is 2.31. The molecule has 1 aromatic heterocycles. The molecule has 24 heavy (non-hydrogen) atoms. The lowest BCUT2D eigenvalue weighted by molar-refractivity contribution is 0.0523. The van der Waals surface area contributed by atoms with Gasteiger partial charge in [0.05, 0.1) is 30.3 Å². The van der Waals surface area contributed by atoms with E-state index in [0.717, 1.165) is 0 Å². The van der Waals surface area contributed by atoms with Gasteiger partial charge in [-0.3, -0.25) is 5.41 Å². The summed E-state index contributed by atoms with van der Waals surface area (Å²) in [6.45, 7) is 5.71. The van der Waals surface area contributed by atoms with Crippen LogP contribution in [-0.2, 0) is 9.47 Å². The first kappa shape index (κ1) is 18.0. The Morgan fingerprint density at radius 2 is 2.21 bits per heavy atom. The van der Waals surface area contributed by atoms with Gasteiger partial charge in [-0.05, 0) is 19.9 Å². The zero-order chi connectivity index (χ0) is 17.7. The number of carbonyl (C=O) groups is 1. The summed E-state index contributed by atoms with van der Waals surface area (Å²) >= 11 is 1.18. The van der Waals surface area contributed by atoms with Crippen LogP contribution in [0.3, 0.4) is 0 Å². The van der Waals surface area contributed by atoms with Gasteiger partial charge in [-0.15, -0.1) is 11.3 Å². The summed E-state index contributed by atoms with van der Waals surface area (Å²) in [4.78, 5) is 14.6. The highest BCUT2D eigenvalue weighted by molar-refractivity contribution is 7.13. The highest BCUT2D eigenvalue weighted by Gasteiger charge is 2.23. The molecule has 7 nitrogen and oxygen atoms in total. The number of esters is 1. The molecule has 2 rings (SSSR count). The molecule has 8 heteroatoms. The van der Waals surface area contributed by atoms with E-state index in [1.165, 1.54) is 17.4 Å². The van der Waals surface area contributed by atoms with Crippen molar-refractivity contribution in [1.82, 2.24) is 4.90 Å². The number of aromatic hydroxyl groups is 1. The molecule has 0 amide bonds. The number of nitrogens with one attached hydrogen (secondary N) is 1. The van der Waals surface area contributed by atoms with Crippen LogP contribution < -0.4 is 0 Å². The van der Waals surface area contributed by atoms with E-state index in [1.54, 1.807) is 18.7 Å². The van der Waals surface area contributed by atoms with Crippen LogP contribution in [0, 0.1) is 23.7 Å². The largest absolute Gasteiger partial charge is 0.506 e. The molecule has 1 fully saturated rings. The van der Waals surface area contributed by atoms with Gasteiger partial charge in [0.15, 0.2) is 0 Å². The average Bonchev–Trinajstić information content (AvgIpc) is 2.86. The topological polar surface area (TPSA) is 107 Å². The van der Waals surface area contributed by atoms with Crippen molar-refractivity contribution in [2.75, 3.05) is 32.9 Å². The number of thiophene rings is 1. The maximum Gasteiger partial charge on any atom is 0.343 e. The molecule has 0 aromatic carbocycles. The summed E-state index contributed by atoms with van der Waals surface area (Å²) in [5, 5.41) is 27.8. The lowest BCUT2D eigenvalue weighted by Crippen LogP contribution is -2.40. The third kappa shape index (κ3) is 3.75. The SMILES string of the molecule is CCOC(=O)c1c(C)sc(/C=C(\C#N)C(=N)N2CCOCC2)c1O. The summed E-state index contributed by atoms with van der Waals surface area (Å²) in [5.74, 6) is -0.715. The second kappa shape index (κ2) is 7.95. The first-order chi connectivity index (χ1) is 11.5. The quantitative estimate of drug-likeness (QED) is 0.373. The van der Waals surface area contributed by atoms with Gasteiger partial charge in [0.2, 0.25) is 0 Å². The molecular formula is C16H19N3O4S. The molecule has 0 aliphatic carbocycles. The molecule has 1 aromatic rings. The van der Waals surface area contributed by atoms with E-state index in [9.17, 15) is 15.2 Å². The van der Waals surface area contributed by atoms with Crippen LogP contribution in [0.2, 0.25) is 0 Å². The minimum absolute atomic E-state index is 0.0870. The van der Waals surface area contributed by atoms with Crippen LogP contribution in [-0.4, -0.2) is 54.7 Å². The number of hydrogen-bond acceptors (Lipinski definition) is 7. The van der Waals surface area contributed by atoms with Gasteiger partial charge in [-0.25, -0.2) is 4.79 Å². The van der Waals surface area contributed by atoms with Gasteiger partial charge in [-0.1, -0.05) is 0 Å². The summed E-state index contributed by atoms with van der Waals surface area (Å²) in [6.07, 6.45) is 1.44. The Labute approximate surface area is 144 Å². The van der Waals surface area contributed by atoms with Gasteiger partial charge in [0.25, 0.3) is 0 Å². The average molecular weight is 349 g/mol. The van der Waals surface area contributed by atoms with Gasteiger partial charge >= 0.3 is 5.97 Å². The fraction of sp³-hybridized carbons (Fsp3) is 0.438.